The number of benzene rings is 1. The number of rotatable bonds is 4. The first-order valence-electron chi connectivity index (χ1n) is 6.90. The molecule has 3 nitrogen and oxygen atoms in total. The fourth-order valence-electron chi connectivity index (χ4n) is 2.60. The Kier molecular flexibility index (Phi) is 4.14. The minimum absolute atomic E-state index is 0.0535. The second-order valence-corrected chi connectivity index (χ2v) is 5.97. The summed E-state index contributed by atoms with van der Waals surface area (Å²) < 4.78 is 0. The summed E-state index contributed by atoms with van der Waals surface area (Å²) in [4.78, 5) is 14.4. The van der Waals surface area contributed by atoms with Gasteiger partial charge in [-0.25, -0.2) is 0 Å². The van der Waals surface area contributed by atoms with Crippen molar-refractivity contribution >= 4 is 17.2 Å². The summed E-state index contributed by atoms with van der Waals surface area (Å²) in [6.07, 6.45) is 1.03. The molecule has 0 aliphatic carbocycles. The summed E-state index contributed by atoms with van der Waals surface area (Å²) in [6, 6.07) is 12.6. The van der Waals surface area contributed by atoms with Gasteiger partial charge in [0.05, 0.1) is 0 Å². The van der Waals surface area contributed by atoms with Gasteiger partial charge >= 0.3 is 0 Å². The number of nitrogens with one attached hydrogen (secondary N) is 1. The van der Waals surface area contributed by atoms with Gasteiger partial charge in [0.2, 0.25) is 0 Å². The van der Waals surface area contributed by atoms with Crippen LogP contribution in [0.3, 0.4) is 0 Å². The van der Waals surface area contributed by atoms with Crippen LogP contribution in [0.1, 0.15) is 22.3 Å². The number of hydrogen-bond acceptors (Lipinski definition) is 3. The third-order valence-corrected chi connectivity index (χ3v) is 4.32. The van der Waals surface area contributed by atoms with E-state index < -0.39 is 0 Å². The molecular formula is C16H18N2OS. The zero-order valence-electron chi connectivity index (χ0n) is 11.3. The molecule has 20 heavy (non-hydrogen) atoms. The van der Waals surface area contributed by atoms with E-state index in [-0.39, 0.29) is 11.9 Å². The Bertz CT molecular complexity index is 553. The Labute approximate surface area is 123 Å². The Morgan fingerprint density at radius 2 is 2.15 bits per heavy atom. The predicted octanol–water partition coefficient (Wildman–Crippen LogP) is 2.75. The molecule has 3 rings (SSSR count). The molecule has 2 heterocycles. The Morgan fingerprint density at radius 3 is 2.90 bits per heavy atom. The molecule has 0 bridgehead atoms. The summed E-state index contributed by atoms with van der Waals surface area (Å²) >= 11 is 1.56. The maximum Gasteiger partial charge on any atom is 0.252 e. The van der Waals surface area contributed by atoms with Crippen molar-refractivity contribution in [3.05, 3.63) is 58.3 Å². The Morgan fingerprint density at radius 1 is 1.30 bits per heavy atom. The van der Waals surface area contributed by atoms with Gasteiger partial charge in [0.15, 0.2) is 0 Å². The van der Waals surface area contributed by atoms with Crippen molar-refractivity contribution in [2.45, 2.75) is 19.0 Å². The SMILES string of the molecule is O=C(N[C@H]1CCN(Cc2ccccc2)C1)c1ccsc1. The van der Waals surface area contributed by atoms with Crippen LogP contribution in [0, 0.1) is 0 Å². The lowest BCUT2D eigenvalue weighted by molar-refractivity contribution is 0.0938. The highest BCUT2D eigenvalue weighted by molar-refractivity contribution is 7.08. The van der Waals surface area contributed by atoms with Crippen molar-refractivity contribution in [2.24, 2.45) is 0 Å². The van der Waals surface area contributed by atoms with Gasteiger partial charge in [-0.1, -0.05) is 30.3 Å². The van der Waals surface area contributed by atoms with Crippen LogP contribution in [0.15, 0.2) is 47.2 Å². The predicted molar refractivity (Wildman–Crippen MR) is 81.9 cm³/mol. The van der Waals surface area contributed by atoms with Crippen molar-refractivity contribution in [1.29, 1.82) is 0 Å². The molecular weight excluding hydrogens is 268 g/mol. The van der Waals surface area contributed by atoms with Crippen LogP contribution in [0.2, 0.25) is 0 Å². The highest BCUT2D eigenvalue weighted by Gasteiger charge is 2.24. The molecule has 1 N–H and O–H groups in total. The molecule has 104 valence electrons. The van der Waals surface area contributed by atoms with Gasteiger partial charge < -0.3 is 5.32 Å². The number of carbonyl (C=O) groups excluding carboxylic acids is 1. The van der Waals surface area contributed by atoms with Crippen LogP contribution in [-0.2, 0) is 6.54 Å². The molecule has 0 radical (unpaired) electrons. The van der Waals surface area contributed by atoms with E-state index in [1.54, 1.807) is 11.3 Å². The van der Waals surface area contributed by atoms with E-state index in [9.17, 15) is 4.79 Å². The molecule has 1 aliphatic heterocycles. The molecule has 4 heteroatoms. The first-order valence-corrected chi connectivity index (χ1v) is 7.85. The smallest absolute Gasteiger partial charge is 0.252 e. The number of nitrogens with zero attached hydrogens (tertiary/aromatic N) is 1. The largest absolute Gasteiger partial charge is 0.348 e. The zero-order valence-corrected chi connectivity index (χ0v) is 12.1. The minimum Gasteiger partial charge on any atom is -0.348 e. The Balaban J connectivity index is 1.51. The lowest BCUT2D eigenvalue weighted by atomic mass is 10.2. The first kappa shape index (κ1) is 13.3. The quantitative estimate of drug-likeness (QED) is 0.937. The zero-order chi connectivity index (χ0) is 13.8. The lowest BCUT2D eigenvalue weighted by Gasteiger charge is -2.16. The van der Waals surface area contributed by atoms with Crippen LogP contribution in [0.5, 0.6) is 0 Å². The molecule has 1 aliphatic rings. The molecule has 1 amide bonds. The maximum atomic E-state index is 12.0. The monoisotopic (exact) mass is 286 g/mol. The highest BCUT2D eigenvalue weighted by Crippen LogP contribution is 2.14. The number of likely N-dealkylation sites (tertiary alicyclic amines) is 1. The molecule has 1 saturated heterocycles. The van der Waals surface area contributed by atoms with Crippen molar-refractivity contribution in [3.8, 4) is 0 Å². The first-order chi connectivity index (χ1) is 9.81. The maximum absolute atomic E-state index is 12.0. The number of thiophene rings is 1. The topological polar surface area (TPSA) is 32.3 Å². The number of hydrogen-bond donors (Lipinski definition) is 1. The van der Waals surface area contributed by atoms with Gasteiger partial charge in [-0.2, -0.15) is 11.3 Å². The average molecular weight is 286 g/mol. The average Bonchev–Trinajstić information content (AvgIpc) is 3.11. The Hall–Kier alpha value is -1.65. The van der Waals surface area contributed by atoms with Gasteiger partial charge in [0, 0.05) is 36.6 Å². The van der Waals surface area contributed by atoms with Crippen molar-refractivity contribution < 1.29 is 4.79 Å². The van der Waals surface area contributed by atoms with Gasteiger partial charge in [-0.3, -0.25) is 9.69 Å². The van der Waals surface area contributed by atoms with Crippen LogP contribution < -0.4 is 5.32 Å². The molecule has 2 aromatic rings. The van der Waals surface area contributed by atoms with E-state index in [4.69, 9.17) is 0 Å². The van der Waals surface area contributed by atoms with E-state index in [2.05, 4.69) is 34.5 Å². The molecule has 1 aromatic carbocycles. The third-order valence-electron chi connectivity index (χ3n) is 3.64. The highest BCUT2D eigenvalue weighted by atomic mass is 32.1. The second-order valence-electron chi connectivity index (χ2n) is 5.19. The van der Waals surface area contributed by atoms with Crippen LogP contribution in [-0.4, -0.2) is 29.9 Å². The molecule has 1 fully saturated rings. The van der Waals surface area contributed by atoms with Crippen molar-refractivity contribution in [2.75, 3.05) is 13.1 Å². The number of carbonyl (C=O) groups is 1. The summed E-state index contributed by atoms with van der Waals surface area (Å²) in [7, 11) is 0. The van der Waals surface area contributed by atoms with Crippen molar-refractivity contribution in [3.63, 3.8) is 0 Å². The van der Waals surface area contributed by atoms with Crippen LogP contribution >= 0.6 is 11.3 Å². The van der Waals surface area contributed by atoms with E-state index in [0.29, 0.717) is 0 Å². The van der Waals surface area contributed by atoms with E-state index in [0.717, 1.165) is 31.6 Å². The normalized spacial score (nSPS) is 19.1. The molecule has 0 unspecified atom stereocenters. The second kappa shape index (κ2) is 6.20. The van der Waals surface area contributed by atoms with Crippen LogP contribution in [0.4, 0.5) is 0 Å². The van der Waals surface area contributed by atoms with Gasteiger partial charge in [0.25, 0.3) is 5.91 Å². The van der Waals surface area contributed by atoms with Gasteiger partial charge in [-0.15, -0.1) is 0 Å². The summed E-state index contributed by atoms with van der Waals surface area (Å²) in [6.45, 7) is 2.94. The summed E-state index contributed by atoms with van der Waals surface area (Å²) in [5.74, 6) is 0.0535. The standard InChI is InChI=1S/C16H18N2OS/c19-16(14-7-9-20-12-14)17-15-6-8-18(11-15)10-13-4-2-1-3-5-13/h1-5,7,9,12,15H,6,8,10-11H2,(H,17,19)/t15-/m0/s1. The lowest BCUT2D eigenvalue weighted by Crippen LogP contribution is -2.36. The minimum atomic E-state index is 0.0535. The molecule has 0 saturated carbocycles. The molecule has 1 aromatic heterocycles. The van der Waals surface area contributed by atoms with E-state index in [1.165, 1.54) is 5.56 Å². The van der Waals surface area contributed by atoms with Gasteiger partial charge in [-0.05, 0) is 23.4 Å². The fourth-order valence-corrected chi connectivity index (χ4v) is 3.23. The fraction of sp³-hybridized carbons (Fsp3) is 0.312. The van der Waals surface area contributed by atoms with E-state index >= 15 is 0 Å². The number of amides is 1. The summed E-state index contributed by atoms with van der Waals surface area (Å²) in [5, 5.41) is 6.95. The van der Waals surface area contributed by atoms with Crippen LogP contribution in [0.25, 0.3) is 0 Å². The van der Waals surface area contributed by atoms with E-state index in [1.807, 2.05) is 22.9 Å². The summed E-state index contributed by atoms with van der Waals surface area (Å²) in [5.41, 5.74) is 2.11. The molecule has 0 spiro atoms. The van der Waals surface area contributed by atoms with Crippen molar-refractivity contribution in [1.82, 2.24) is 10.2 Å². The van der Waals surface area contributed by atoms with Gasteiger partial charge in [0.1, 0.15) is 0 Å². The third kappa shape index (κ3) is 3.26. The molecule has 1 atom stereocenters.